The van der Waals surface area contributed by atoms with Crippen LogP contribution in [-0.4, -0.2) is 23.3 Å². The summed E-state index contributed by atoms with van der Waals surface area (Å²) in [5.74, 6) is 1.20. The number of ether oxygens (including phenoxy) is 1. The van der Waals surface area contributed by atoms with Crippen molar-refractivity contribution < 1.29 is 9.53 Å². The summed E-state index contributed by atoms with van der Waals surface area (Å²) >= 11 is 9.02. The molecular weight excluding hydrogens is 376 g/mol. The lowest BCUT2D eigenvalue weighted by Crippen LogP contribution is -2.33. The second kappa shape index (κ2) is 7.23. The lowest BCUT2D eigenvalue weighted by molar-refractivity contribution is -0.119. The minimum Gasteiger partial charge on any atom is -0.493 e. The van der Waals surface area contributed by atoms with Gasteiger partial charge in [0, 0.05) is 17.0 Å². The van der Waals surface area contributed by atoms with Crippen molar-refractivity contribution in [1.29, 1.82) is 0 Å². The minimum absolute atomic E-state index is 0.00370. The quantitative estimate of drug-likeness (QED) is 0.657. The van der Waals surface area contributed by atoms with Gasteiger partial charge in [-0.05, 0) is 24.3 Å². The number of amides is 1. The lowest BCUT2D eigenvalue weighted by atomic mass is 10.0. The van der Waals surface area contributed by atoms with E-state index in [-0.39, 0.29) is 11.9 Å². The van der Waals surface area contributed by atoms with E-state index in [9.17, 15) is 4.79 Å². The second-order valence-corrected chi connectivity index (χ2v) is 8.37. The maximum absolute atomic E-state index is 12.3. The molecule has 1 amide bonds. The van der Waals surface area contributed by atoms with Crippen LogP contribution in [0.2, 0.25) is 5.02 Å². The number of carbonyl (C=O) groups is 1. The molecule has 4 rings (SSSR count). The Bertz CT molecular complexity index is 928. The predicted octanol–water partition coefficient (Wildman–Crippen LogP) is 4.68. The van der Waals surface area contributed by atoms with Crippen LogP contribution >= 0.6 is 34.7 Å². The lowest BCUT2D eigenvalue weighted by Gasteiger charge is -2.26. The van der Waals surface area contributed by atoms with E-state index in [4.69, 9.17) is 16.3 Å². The molecule has 1 aromatic heterocycles. The molecule has 0 fully saturated rings. The number of halogens is 1. The largest absolute Gasteiger partial charge is 0.493 e. The number of para-hydroxylation sites is 1. The summed E-state index contributed by atoms with van der Waals surface area (Å²) in [7, 11) is 0. The van der Waals surface area contributed by atoms with E-state index >= 15 is 0 Å². The molecule has 3 aromatic rings. The molecule has 25 heavy (non-hydrogen) atoms. The summed E-state index contributed by atoms with van der Waals surface area (Å²) < 4.78 is 7.58. The number of hydrogen-bond donors (Lipinski definition) is 1. The third-order valence-electron chi connectivity index (χ3n) is 3.95. The monoisotopic (exact) mass is 390 g/mol. The number of rotatable bonds is 4. The summed E-state index contributed by atoms with van der Waals surface area (Å²) in [6, 6.07) is 13.5. The number of fused-ring (bicyclic) bond motifs is 2. The van der Waals surface area contributed by atoms with Gasteiger partial charge in [0.1, 0.15) is 5.75 Å². The number of carbonyl (C=O) groups excluding carboxylic acids is 1. The molecule has 2 heterocycles. The molecule has 128 valence electrons. The van der Waals surface area contributed by atoms with Crippen LogP contribution in [0, 0.1) is 0 Å². The first kappa shape index (κ1) is 16.7. The molecule has 1 atom stereocenters. The van der Waals surface area contributed by atoms with Crippen LogP contribution in [0.5, 0.6) is 5.75 Å². The van der Waals surface area contributed by atoms with Gasteiger partial charge in [-0.1, -0.05) is 41.6 Å². The number of nitrogens with zero attached hydrogens (tertiary/aromatic N) is 1. The normalized spacial score (nSPS) is 16.3. The van der Waals surface area contributed by atoms with E-state index in [1.807, 2.05) is 42.5 Å². The summed E-state index contributed by atoms with van der Waals surface area (Å²) in [6.45, 7) is 0.619. The predicted molar refractivity (Wildman–Crippen MR) is 103 cm³/mol. The van der Waals surface area contributed by atoms with Crippen molar-refractivity contribution in [3.05, 3.63) is 53.1 Å². The van der Waals surface area contributed by atoms with Gasteiger partial charge < -0.3 is 10.1 Å². The van der Waals surface area contributed by atoms with E-state index in [1.54, 1.807) is 11.3 Å². The zero-order valence-electron chi connectivity index (χ0n) is 13.2. The molecule has 1 aliphatic heterocycles. The van der Waals surface area contributed by atoms with E-state index in [0.29, 0.717) is 17.4 Å². The number of hydrogen-bond acceptors (Lipinski definition) is 5. The number of benzene rings is 2. The highest BCUT2D eigenvalue weighted by atomic mass is 35.5. The highest BCUT2D eigenvalue weighted by molar-refractivity contribution is 8.01. The Labute approximate surface area is 158 Å². The SMILES string of the molecule is O=C(CSc1nc2cc(Cl)ccc2s1)NC1CCOc2ccccc21. The first-order valence-corrected chi connectivity index (χ1v) is 10.1. The Kier molecular flexibility index (Phi) is 4.83. The number of nitrogens with one attached hydrogen (secondary N) is 1. The van der Waals surface area contributed by atoms with Crippen LogP contribution < -0.4 is 10.1 Å². The van der Waals surface area contributed by atoms with Gasteiger partial charge in [0.2, 0.25) is 5.91 Å². The van der Waals surface area contributed by atoms with E-state index in [2.05, 4.69) is 10.3 Å². The highest BCUT2D eigenvalue weighted by Gasteiger charge is 2.22. The molecule has 4 nitrogen and oxygen atoms in total. The standard InChI is InChI=1S/C18H15ClN2O2S2/c19-11-5-6-16-14(9-11)21-18(25-16)24-10-17(22)20-13-7-8-23-15-4-2-1-3-12(13)15/h1-6,9,13H,7-8,10H2,(H,20,22). The third kappa shape index (κ3) is 3.76. The fraction of sp³-hybridized carbons (Fsp3) is 0.222. The molecule has 1 aliphatic rings. The number of thioether (sulfide) groups is 1. The topological polar surface area (TPSA) is 51.2 Å². The molecule has 0 saturated heterocycles. The molecule has 1 unspecified atom stereocenters. The molecule has 0 aliphatic carbocycles. The molecule has 0 radical (unpaired) electrons. The highest BCUT2D eigenvalue weighted by Crippen LogP contribution is 2.33. The van der Waals surface area contributed by atoms with Gasteiger partial charge in [-0.3, -0.25) is 4.79 Å². The molecule has 0 spiro atoms. The smallest absolute Gasteiger partial charge is 0.230 e. The van der Waals surface area contributed by atoms with Gasteiger partial charge in [-0.25, -0.2) is 4.98 Å². The Morgan fingerprint density at radius 2 is 2.24 bits per heavy atom. The Balaban J connectivity index is 1.39. The average molecular weight is 391 g/mol. The zero-order chi connectivity index (χ0) is 17.2. The first-order chi connectivity index (χ1) is 12.2. The minimum atomic E-state index is 0.00370. The Hall–Kier alpha value is -1.76. The Morgan fingerprint density at radius 1 is 1.36 bits per heavy atom. The second-order valence-electron chi connectivity index (χ2n) is 5.68. The molecule has 7 heteroatoms. The summed E-state index contributed by atoms with van der Waals surface area (Å²) in [5, 5.41) is 3.78. The van der Waals surface area contributed by atoms with Gasteiger partial charge in [-0.2, -0.15) is 0 Å². The van der Waals surface area contributed by atoms with E-state index < -0.39 is 0 Å². The fourth-order valence-corrected chi connectivity index (χ4v) is 4.82. The van der Waals surface area contributed by atoms with Crippen molar-refractivity contribution >= 4 is 50.8 Å². The Morgan fingerprint density at radius 3 is 3.16 bits per heavy atom. The van der Waals surface area contributed by atoms with Gasteiger partial charge >= 0.3 is 0 Å². The summed E-state index contributed by atoms with van der Waals surface area (Å²) in [4.78, 5) is 16.9. The molecule has 1 N–H and O–H groups in total. The summed E-state index contributed by atoms with van der Waals surface area (Å²) in [6.07, 6.45) is 0.785. The summed E-state index contributed by atoms with van der Waals surface area (Å²) in [5.41, 5.74) is 1.92. The van der Waals surface area contributed by atoms with Crippen LogP contribution in [0.25, 0.3) is 10.2 Å². The van der Waals surface area contributed by atoms with Crippen LogP contribution in [0.15, 0.2) is 46.8 Å². The van der Waals surface area contributed by atoms with Crippen molar-refractivity contribution in [2.24, 2.45) is 0 Å². The van der Waals surface area contributed by atoms with Gasteiger partial charge in [-0.15, -0.1) is 11.3 Å². The first-order valence-electron chi connectivity index (χ1n) is 7.89. The van der Waals surface area contributed by atoms with Gasteiger partial charge in [0.15, 0.2) is 4.34 Å². The van der Waals surface area contributed by atoms with E-state index in [0.717, 1.165) is 32.3 Å². The zero-order valence-corrected chi connectivity index (χ0v) is 15.6. The third-order valence-corrected chi connectivity index (χ3v) is 6.36. The van der Waals surface area contributed by atoms with Crippen molar-refractivity contribution in [2.75, 3.05) is 12.4 Å². The van der Waals surface area contributed by atoms with Crippen molar-refractivity contribution in [1.82, 2.24) is 10.3 Å². The van der Waals surface area contributed by atoms with E-state index in [1.165, 1.54) is 11.8 Å². The van der Waals surface area contributed by atoms with Crippen molar-refractivity contribution in [2.45, 2.75) is 16.8 Å². The maximum Gasteiger partial charge on any atom is 0.230 e. The van der Waals surface area contributed by atoms with Crippen LogP contribution in [0.3, 0.4) is 0 Å². The molecular formula is C18H15ClN2O2S2. The van der Waals surface area contributed by atoms with Crippen molar-refractivity contribution in [3.63, 3.8) is 0 Å². The van der Waals surface area contributed by atoms with Crippen molar-refractivity contribution in [3.8, 4) is 5.75 Å². The maximum atomic E-state index is 12.3. The average Bonchev–Trinajstić information content (AvgIpc) is 3.02. The molecule has 0 bridgehead atoms. The van der Waals surface area contributed by atoms with Gasteiger partial charge in [0.05, 0.1) is 28.6 Å². The fourth-order valence-electron chi connectivity index (χ4n) is 2.80. The number of thiazole rings is 1. The van der Waals surface area contributed by atoms with Crippen LogP contribution in [0.4, 0.5) is 0 Å². The van der Waals surface area contributed by atoms with Crippen LogP contribution in [0.1, 0.15) is 18.0 Å². The molecule has 0 saturated carbocycles. The number of aromatic nitrogens is 1. The van der Waals surface area contributed by atoms with Gasteiger partial charge in [0.25, 0.3) is 0 Å². The molecule has 2 aromatic carbocycles. The van der Waals surface area contributed by atoms with Crippen LogP contribution in [-0.2, 0) is 4.79 Å².